The predicted molar refractivity (Wildman–Crippen MR) is 61.2 cm³/mol. The highest BCUT2D eigenvalue weighted by molar-refractivity contribution is 5.95. The molecule has 1 amide bonds. The van der Waals surface area contributed by atoms with E-state index in [4.69, 9.17) is 10.2 Å². The van der Waals surface area contributed by atoms with Crippen LogP contribution in [0.4, 0.5) is 0 Å². The quantitative estimate of drug-likeness (QED) is 0.841. The first kappa shape index (κ1) is 11.2. The van der Waals surface area contributed by atoms with E-state index < -0.39 is 0 Å². The lowest BCUT2D eigenvalue weighted by atomic mass is 10.1. The van der Waals surface area contributed by atoms with Crippen LogP contribution in [0.3, 0.4) is 0 Å². The number of hydrogen-bond acceptors (Lipinski definition) is 3. The molecule has 1 atom stereocenters. The summed E-state index contributed by atoms with van der Waals surface area (Å²) in [4.78, 5) is 14.1. The van der Waals surface area contributed by atoms with Gasteiger partial charge in [0.2, 0.25) is 0 Å². The van der Waals surface area contributed by atoms with Gasteiger partial charge in [-0.15, -0.1) is 0 Å². The molecule has 4 heteroatoms. The molecular formula is C12H18N2O2. The standard InChI is InChI=1S/C12H18N2O2/c1-2-11-10(5-7-16-11)12(15)14-6-3-4-9(14)8-13/h5,7,9H,2-4,6,8,13H2,1H3. The van der Waals surface area contributed by atoms with Gasteiger partial charge >= 0.3 is 0 Å². The van der Waals surface area contributed by atoms with Gasteiger partial charge in [0.1, 0.15) is 5.76 Å². The molecule has 0 spiro atoms. The molecule has 2 heterocycles. The number of nitrogens with zero attached hydrogens (tertiary/aromatic N) is 1. The molecule has 1 aromatic rings. The molecule has 1 saturated heterocycles. The van der Waals surface area contributed by atoms with Crippen LogP contribution in [0, 0.1) is 0 Å². The molecule has 2 N–H and O–H groups in total. The van der Waals surface area contributed by atoms with Crippen LogP contribution >= 0.6 is 0 Å². The highest BCUT2D eigenvalue weighted by Gasteiger charge is 2.29. The zero-order valence-electron chi connectivity index (χ0n) is 9.61. The van der Waals surface area contributed by atoms with Gasteiger partial charge in [-0.3, -0.25) is 4.79 Å². The predicted octanol–water partition coefficient (Wildman–Crippen LogP) is 1.41. The molecule has 2 rings (SSSR count). The Morgan fingerprint density at radius 1 is 1.69 bits per heavy atom. The maximum absolute atomic E-state index is 12.3. The summed E-state index contributed by atoms with van der Waals surface area (Å²) in [5, 5.41) is 0. The van der Waals surface area contributed by atoms with E-state index in [0.29, 0.717) is 12.1 Å². The number of amides is 1. The van der Waals surface area contributed by atoms with E-state index in [2.05, 4.69) is 0 Å². The molecule has 0 radical (unpaired) electrons. The van der Waals surface area contributed by atoms with Crippen molar-refractivity contribution >= 4 is 5.91 Å². The van der Waals surface area contributed by atoms with Crippen molar-refractivity contribution in [3.8, 4) is 0 Å². The fraction of sp³-hybridized carbons (Fsp3) is 0.583. The molecule has 1 aliphatic heterocycles. The number of carbonyl (C=O) groups is 1. The van der Waals surface area contributed by atoms with E-state index in [-0.39, 0.29) is 11.9 Å². The lowest BCUT2D eigenvalue weighted by Gasteiger charge is -2.23. The molecule has 1 aromatic heterocycles. The van der Waals surface area contributed by atoms with Gasteiger partial charge in [0.05, 0.1) is 11.8 Å². The first-order valence-corrected chi connectivity index (χ1v) is 5.85. The Labute approximate surface area is 95.4 Å². The Bertz CT molecular complexity index is 373. The minimum absolute atomic E-state index is 0.0681. The number of hydrogen-bond donors (Lipinski definition) is 1. The van der Waals surface area contributed by atoms with Crippen molar-refractivity contribution in [2.45, 2.75) is 32.2 Å². The Morgan fingerprint density at radius 2 is 2.50 bits per heavy atom. The average Bonchev–Trinajstić information content (AvgIpc) is 2.96. The number of carbonyl (C=O) groups excluding carboxylic acids is 1. The average molecular weight is 222 g/mol. The fourth-order valence-electron chi connectivity index (χ4n) is 2.31. The summed E-state index contributed by atoms with van der Waals surface area (Å²) in [6.45, 7) is 3.35. The summed E-state index contributed by atoms with van der Waals surface area (Å²) in [5.41, 5.74) is 6.37. The van der Waals surface area contributed by atoms with Crippen LogP contribution in [0.5, 0.6) is 0 Å². The van der Waals surface area contributed by atoms with Gasteiger partial charge in [-0.25, -0.2) is 0 Å². The second-order valence-electron chi connectivity index (χ2n) is 4.14. The highest BCUT2D eigenvalue weighted by Crippen LogP contribution is 2.21. The van der Waals surface area contributed by atoms with Gasteiger partial charge in [-0.05, 0) is 18.9 Å². The van der Waals surface area contributed by atoms with E-state index in [1.165, 1.54) is 0 Å². The summed E-state index contributed by atoms with van der Waals surface area (Å²) in [6, 6.07) is 1.96. The molecule has 1 fully saturated rings. The van der Waals surface area contributed by atoms with E-state index >= 15 is 0 Å². The zero-order valence-corrected chi connectivity index (χ0v) is 9.61. The van der Waals surface area contributed by atoms with Crippen molar-refractivity contribution in [1.29, 1.82) is 0 Å². The van der Waals surface area contributed by atoms with Crippen LogP contribution in [0.15, 0.2) is 16.7 Å². The monoisotopic (exact) mass is 222 g/mol. The molecule has 4 nitrogen and oxygen atoms in total. The van der Waals surface area contributed by atoms with E-state index in [1.807, 2.05) is 11.8 Å². The van der Waals surface area contributed by atoms with Gasteiger partial charge in [0.25, 0.3) is 5.91 Å². The number of furan rings is 1. The van der Waals surface area contributed by atoms with Crippen LogP contribution in [-0.4, -0.2) is 29.9 Å². The van der Waals surface area contributed by atoms with Crippen LogP contribution in [0.1, 0.15) is 35.9 Å². The second-order valence-corrected chi connectivity index (χ2v) is 4.14. The summed E-state index contributed by atoms with van der Waals surface area (Å²) in [5.74, 6) is 0.839. The summed E-state index contributed by atoms with van der Waals surface area (Å²) < 4.78 is 5.28. The van der Waals surface area contributed by atoms with Gasteiger partial charge in [-0.1, -0.05) is 6.92 Å². The van der Waals surface area contributed by atoms with Crippen molar-refractivity contribution < 1.29 is 9.21 Å². The molecule has 1 aliphatic rings. The smallest absolute Gasteiger partial charge is 0.257 e. The molecular weight excluding hydrogens is 204 g/mol. The van der Waals surface area contributed by atoms with Crippen LogP contribution in [0.2, 0.25) is 0 Å². The topological polar surface area (TPSA) is 59.5 Å². The summed E-state index contributed by atoms with van der Waals surface area (Å²) in [7, 11) is 0. The Hall–Kier alpha value is -1.29. The van der Waals surface area contributed by atoms with Crippen molar-refractivity contribution in [1.82, 2.24) is 4.90 Å². The fourth-order valence-corrected chi connectivity index (χ4v) is 2.31. The minimum atomic E-state index is 0.0681. The molecule has 1 unspecified atom stereocenters. The summed E-state index contributed by atoms with van der Waals surface area (Å²) >= 11 is 0. The van der Waals surface area contributed by atoms with Crippen molar-refractivity contribution in [2.24, 2.45) is 5.73 Å². The first-order chi connectivity index (χ1) is 7.77. The number of rotatable bonds is 3. The first-order valence-electron chi connectivity index (χ1n) is 5.85. The molecule has 88 valence electrons. The Balaban J connectivity index is 2.18. The van der Waals surface area contributed by atoms with Gasteiger partial charge < -0.3 is 15.1 Å². The maximum Gasteiger partial charge on any atom is 0.257 e. The third kappa shape index (κ3) is 1.85. The van der Waals surface area contributed by atoms with Gasteiger partial charge in [-0.2, -0.15) is 0 Å². The number of nitrogens with two attached hydrogens (primary N) is 1. The van der Waals surface area contributed by atoms with Crippen molar-refractivity contribution in [2.75, 3.05) is 13.1 Å². The minimum Gasteiger partial charge on any atom is -0.469 e. The van der Waals surface area contributed by atoms with E-state index in [0.717, 1.165) is 31.6 Å². The van der Waals surface area contributed by atoms with Crippen LogP contribution in [-0.2, 0) is 6.42 Å². The number of aryl methyl sites for hydroxylation is 1. The lowest BCUT2D eigenvalue weighted by molar-refractivity contribution is 0.0739. The Kier molecular flexibility index (Phi) is 3.29. The lowest BCUT2D eigenvalue weighted by Crippen LogP contribution is -2.40. The Morgan fingerprint density at radius 3 is 3.19 bits per heavy atom. The normalized spacial score (nSPS) is 20.4. The van der Waals surface area contributed by atoms with E-state index in [1.54, 1.807) is 12.3 Å². The van der Waals surface area contributed by atoms with E-state index in [9.17, 15) is 4.79 Å². The van der Waals surface area contributed by atoms with Crippen molar-refractivity contribution in [3.63, 3.8) is 0 Å². The second kappa shape index (κ2) is 4.70. The van der Waals surface area contributed by atoms with Gasteiger partial charge in [0.15, 0.2) is 0 Å². The molecule has 0 bridgehead atoms. The molecule has 16 heavy (non-hydrogen) atoms. The van der Waals surface area contributed by atoms with Crippen molar-refractivity contribution in [3.05, 3.63) is 23.7 Å². The van der Waals surface area contributed by atoms with Crippen LogP contribution in [0.25, 0.3) is 0 Å². The molecule has 0 aromatic carbocycles. The largest absolute Gasteiger partial charge is 0.469 e. The maximum atomic E-state index is 12.3. The van der Waals surface area contributed by atoms with Crippen LogP contribution < -0.4 is 5.73 Å². The molecule has 0 aliphatic carbocycles. The SMILES string of the molecule is CCc1occc1C(=O)N1CCCC1CN. The third-order valence-electron chi connectivity index (χ3n) is 3.21. The highest BCUT2D eigenvalue weighted by atomic mass is 16.3. The number of likely N-dealkylation sites (tertiary alicyclic amines) is 1. The summed E-state index contributed by atoms with van der Waals surface area (Å²) in [6.07, 6.45) is 4.39. The molecule has 0 saturated carbocycles. The zero-order chi connectivity index (χ0) is 11.5. The third-order valence-corrected chi connectivity index (χ3v) is 3.21. The van der Waals surface area contributed by atoms with Gasteiger partial charge in [0, 0.05) is 25.6 Å².